The van der Waals surface area contributed by atoms with Crippen molar-refractivity contribution in [1.82, 2.24) is 9.97 Å². The quantitative estimate of drug-likeness (QED) is 0.801. The van der Waals surface area contributed by atoms with E-state index in [9.17, 15) is 4.79 Å². The largest absolute Gasteiger partial charge is 0.464 e. The molecule has 106 valence electrons. The Morgan fingerprint density at radius 2 is 1.89 bits per heavy atom. The van der Waals surface area contributed by atoms with Gasteiger partial charge in [0.25, 0.3) is 0 Å². The molecule has 0 saturated carbocycles. The van der Waals surface area contributed by atoms with E-state index in [4.69, 9.17) is 0 Å². The maximum atomic E-state index is 11.4. The van der Waals surface area contributed by atoms with Gasteiger partial charge in [0.15, 0.2) is 5.69 Å². The Kier molecular flexibility index (Phi) is 5.73. The van der Waals surface area contributed by atoms with Gasteiger partial charge in [-0.2, -0.15) is 0 Å². The number of methoxy groups -OCH3 is 1. The van der Waals surface area contributed by atoms with Crippen LogP contribution >= 0.6 is 0 Å². The normalized spacial score (nSPS) is 11.2. The molecule has 0 amide bonds. The first kappa shape index (κ1) is 15.4. The maximum Gasteiger partial charge on any atom is 0.358 e. The van der Waals surface area contributed by atoms with Crippen LogP contribution in [0.1, 0.15) is 38.2 Å². The molecule has 0 aliphatic rings. The van der Waals surface area contributed by atoms with Gasteiger partial charge in [0.1, 0.15) is 5.82 Å². The first-order valence-electron chi connectivity index (χ1n) is 6.60. The Bertz CT molecular complexity index is 411. The van der Waals surface area contributed by atoms with E-state index in [0.29, 0.717) is 23.6 Å². The minimum absolute atomic E-state index is 0.221. The van der Waals surface area contributed by atoms with Crippen LogP contribution in [0.3, 0.4) is 0 Å². The van der Waals surface area contributed by atoms with Gasteiger partial charge in [-0.25, -0.2) is 9.78 Å². The lowest BCUT2D eigenvalue weighted by atomic mass is 9.85. The topological polar surface area (TPSA) is 64.1 Å². The summed E-state index contributed by atoms with van der Waals surface area (Å²) < 4.78 is 4.62. The fourth-order valence-electron chi connectivity index (χ4n) is 2.12. The molecule has 0 spiro atoms. The van der Waals surface area contributed by atoms with Gasteiger partial charge in [-0.05, 0) is 17.8 Å². The molecule has 0 saturated heterocycles. The van der Waals surface area contributed by atoms with Crippen molar-refractivity contribution >= 4 is 11.8 Å². The number of carbonyl (C=O) groups is 1. The molecule has 19 heavy (non-hydrogen) atoms. The molecule has 0 aliphatic carbocycles. The van der Waals surface area contributed by atoms with Crippen molar-refractivity contribution in [3.63, 3.8) is 0 Å². The van der Waals surface area contributed by atoms with Gasteiger partial charge in [0.05, 0.1) is 19.5 Å². The summed E-state index contributed by atoms with van der Waals surface area (Å²) in [5.74, 6) is 1.85. The Morgan fingerprint density at radius 3 is 2.42 bits per heavy atom. The molecule has 0 radical (unpaired) electrons. The average molecular weight is 265 g/mol. The number of hydrogen-bond acceptors (Lipinski definition) is 5. The van der Waals surface area contributed by atoms with Crippen LogP contribution < -0.4 is 5.32 Å². The number of esters is 1. The molecule has 1 aromatic rings. The van der Waals surface area contributed by atoms with Crippen molar-refractivity contribution in [2.24, 2.45) is 17.8 Å². The SMILES string of the molecule is COC(=O)c1cncc(NCC(C(C)C)C(C)C)n1. The molecule has 0 atom stereocenters. The highest BCUT2D eigenvalue weighted by atomic mass is 16.5. The van der Waals surface area contributed by atoms with Crippen LogP contribution in [0.25, 0.3) is 0 Å². The van der Waals surface area contributed by atoms with Gasteiger partial charge in [-0.15, -0.1) is 0 Å². The molecule has 0 fully saturated rings. The molecule has 0 unspecified atom stereocenters. The van der Waals surface area contributed by atoms with Crippen LogP contribution in [-0.2, 0) is 4.74 Å². The molecule has 1 rings (SSSR count). The molecule has 1 aromatic heterocycles. The summed E-state index contributed by atoms with van der Waals surface area (Å²) in [6, 6.07) is 0. The molecule has 0 aliphatic heterocycles. The number of hydrogen-bond donors (Lipinski definition) is 1. The van der Waals surface area contributed by atoms with Gasteiger partial charge in [0, 0.05) is 6.54 Å². The highest BCUT2D eigenvalue weighted by Crippen LogP contribution is 2.20. The fraction of sp³-hybridized carbons (Fsp3) is 0.643. The molecule has 1 heterocycles. The Balaban J connectivity index is 2.69. The summed E-state index contributed by atoms with van der Waals surface area (Å²) in [5.41, 5.74) is 0.221. The number of carbonyl (C=O) groups excluding carboxylic acids is 1. The Labute approximate surface area is 114 Å². The predicted octanol–water partition coefficient (Wildman–Crippen LogP) is 2.60. The average Bonchev–Trinajstić information content (AvgIpc) is 2.37. The van der Waals surface area contributed by atoms with Crippen LogP contribution in [0, 0.1) is 17.8 Å². The predicted molar refractivity (Wildman–Crippen MR) is 75.0 cm³/mol. The van der Waals surface area contributed by atoms with Crippen LogP contribution in [0.2, 0.25) is 0 Å². The second kappa shape index (κ2) is 7.07. The molecule has 0 aromatic carbocycles. The van der Waals surface area contributed by atoms with Crippen LogP contribution in [0.4, 0.5) is 5.82 Å². The van der Waals surface area contributed by atoms with Crippen molar-refractivity contribution in [2.45, 2.75) is 27.7 Å². The molecular formula is C14H23N3O2. The van der Waals surface area contributed by atoms with E-state index in [1.54, 1.807) is 6.20 Å². The van der Waals surface area contributed by atoms with Crippen molar-refractivity contribution in [2.75, 3.05) is 19.0 Å². The number of anilines is 1. The number of nitrogens with one attached hydrogen (secondary N) is 1. The monoisotopic (exact) mass is 265 g/mol. The van der Waals surface area contributed by atoms with Gasteiger partial charge < -0.3 is 10.1 Å². The van der Waals surface area contributed by atoms with Gasteiger partial charge >= 0.3 is 5.97 Å². The molecular weight excluding hydrogens is 242 g/mol. The standard InChI is InChI=1S/C14H23N3O2/c1-9(2)11(10(3)4)6-16-13-8-15-7-12(17-13)14(18)19-5/h7-11H,6H2,1-5H3,(H,16,17). The highest BCUT2D eigenvalue weighted by Gasteiger charge is 2.17. The third-order valence-electron chi connectivity index (χ3n) is 3.26. The summed E-state index contributed by atoms with van der Waals surface area (Å²) in [7, 11) is 1.33. The summed E-state index contributed by atoms with van der Waals surface area (Å²) in [4.78, 5) is 19.5. The van der Waals surface area contributed by atoms with E-state index in [1.807, 2.05) is 0 Å². The zero-order valence-corrected chi connectivity index (χ0v) is 12.3. The molecule has 1 N–H and O–H groups in total. The van der Waals surface area contributed by atoms with Crippen molar-refractivity contribution in [3.05, 3.63) is 18.1 Å². The first-order valence-corrected chi connectivity index (χ1v) is 6.60. The van der Waals surface area contributed by atoms with Gasteiger partial charge in [-0.3, -0.25) is 4.98 Å². The van der Waals surface area contributed by atoms with Crippen LogP contribution in [-0.4, -0.2) is 29.6 Å². The minimum atomic E-state index is -0.472. The first-order chi connectivity index (χ1) is 8.95. The van der Waals surface area contributed by atoms with Gasteiger partial charge in [0.2, 0.25) is 0 Å². The number of nitrogens with zero attached hydrogens (tertiary/aromatic N) is 2. The number of aromatic nitrogens is 2. The highest BCUT2D eigenvalue weighted by molar-refractivity contribution is 5.87. The van der Waals surface area contributed by atoms with Crippen LogP contribution in [0.5, 0.6) is 0 Å². The fourth-order valence-corrected chi connectivity index (χ4v) is 2.12. The van der Waals surface area contributed by atoms with Crippen LogP contribution in [0.15, 0.2) is 12.4 Å². The summed E-state index contributed by atoms with van der Waals surface area (Å²) in [6.45, 7) is 9.66. The van der Waals surface area contributed by atoms with E-state index in [-0.39, 0.29) is 5.69 Å². The Hall–Kier alpha value is -1.65. The summed E-state index contributed by atoms with van der Waals surface area (Å²) in [5, 5.41) is 3.25. The van der Waals surface area contributed by atoms with Crippen molar-refractivity contribution in [3.8, 4) is 0 Å². The van der Waals surface area contributed by atoms with E-state index >= 15 is 0 Å². The molecule has 5 heteroatoms. The number of rotatable bonds is 6. The lowest BCUT2D eigenvalue weighted by Crippen LogP contribution is -2.25. The Morgan fingerprint density at radius 1 is 1.26 bits per heavy atom. The van der Waals surface area contributed by atoms with E-state index in [2.05, 4.69) is 47.7 Å². The second-order valence-corrected chi connectivity index (χ2v) is 5.31. The lowest BCUT2D eigenvalue weighted by Gasteiger charge is -2.25. The smallest absolute Gasteiger partial charge is 0.358 e. The maximum absolute atomic E-state index is 11.4. The third kappa shape index (κ3) is 4.50. The van der Waals surface area contributed by atoms with Crippen molar-refractivity contribution in [1.29, 1.82) is 0 Å². The van der Waals surface area contributed by atoms with E-state index in [1.165, 1.54) is 13.3 Å². The number of ether oxygens (including phenoxy) is 1. The van der Waals surface area contributed by atoms with Gasteiger partial charge in [-0.1, -0.05) is 27.7 Å². The molecule has 0 bridgehead atoms. The lowest BCUT2D eigenvalue weighted by molar-refractivity contribution is 0.0593. The zero-order valence-electron chi connectivity index (χ0n) is 12.3. The van der Waals surface area contributed by atoms with E-state index in [0.717, 1.165) is 6.54 Å². The minimum Gasteiger partial charge on any atom is -0.464 e. The van der Waals surface area contributed by atoms with Crippen molar-refractivity contribution < 1.29 is 9.53 Å². The summed E-state index contributed by atoms with van der Waals surface area (Å²) >= 11 is 0. The molecule has 5 nitrogen and oxygen atoms in total. The third-order valence-corrected chi connectivity index (χ3v) is 3.26. The second-order valence-electron chi connectivity index (χ2n) is 5.31. The van der Waals surface area contributed by atoms with E-state index < -0.39 is 5.97 Å². The zero-order chi connectivity index (χ0) is 14.4. The summed E-state index contributed by atoms with van der Waals surface area (Å²) in [6.07, 6.45) is 3.02.